The highest BCUT2D eigenvalue weighted by molar-refractivity contribution is 7.88. The molecule has 156 valence electrons. The quantitative estimate of drug-likeness (QED) is 0.782. The zero-order chi connectivity index (χ0) is 20.5. The van der Waals surface area contributed by atoms with Gasteiger partial charge in [0.1, 0.15) is 16.7 Å². The minimum Gasteiger partial charge on any atom is -0.367 e. The van der Waals surface area contributed by atoms with Crippen LogP contribution in [0.3, 0.4) is 0 Å². The molecule has 0 amide bonds. The highest BCUT2D eigenvalue weighted by atomic mass is 35.5. The number of piperidine rings is 1. The summed E-state index contributed by atoms with van der Waals surface area (Å²) in [6, 6.07) is 0. The van der Waals surface area contributed by atoms with Gasteiger partial charge in [-0.1, -0.05) is 24.4 Å². The monoisotopic (exact) mass is 435 g/mol. The first kappa shape index (κ1) is 21.2. The van der Waals surface area contributed by atoms with Crippen molar-refractivity contribution in [2.24, 2.45) is 0 Å². The molecule has 11 heteroatoms. The van der Waals surface area contributed by atoms with E-state index in [9.17, 15) is 17.2 Å². The molecule has 1 aliphatic heterocycles. The topological polar surface area (TPSA) is 93.6 Å². The molecule has 0 aromatic carbocycles. The van der Waals surface area contributed by atoms with E-state index in [1.165, 1.54) is 15.0 Å². The van der Waals surface area contributed by atoms with E-state index in [0.29, 0.717) is 24.9 Å². The number of aromatic nitrogens is 3. The van der Waals surface area contributed by atoms with Gasteiger partial charge in [0.05, 0.1) is 18.1 Å². The SMILES string of the molecule is CS(=O)(=O)N1CCCC(F)C1.Nc1ncc2c(F)c(Cl)c(C3CCCC3)n2n1. The number of rotatable bonds is 2. The van der Waals surface area contributed by atoms with Crippen LogP contribution in [-0.2, 0) is 10.0 Å². The van der Waals surface area contributed by atoms with Gasteiger partial charge < -0.3 is 5.73 Å². The van der Waals surface area contributed by atoms with Crippen LogP contribution in [0.4, 0.5) is 14.7 Å². The van der Waals surface area contributed by atoms with E-state index >= 15 is 0 Å². The van der Waals surface area contributed by atoms with E-state index in [1.807, 2.05) is 0 Å². The molecule has 2 N–H and O–H groups in total. The van der Waals surface area contributed by atoms with Crippen molar-refractivity contribution in [3.63, 3.8) is 0 Å². The van der Waals surface area contributed by atoms with E-state index in [1.54, 1.807) is 0 Å². The lowest BCUT2D eigenvalue weighted by atomic mass is 10.0. The number of anilines is 1. The van der Waals surface area contributed by atoms with Crippen LogP contribution in [0.15, 0.2) is 6.20 Å². The third kappa shape index (κ3) is 4.55. The lowest BCUT2D eigenvalue weighted by molar-refractivity contribution is 0.203. The molecule has 2 aromatic rings. The van der Waals surface area contributed by atoms with E-state index < -0.39 is 22.0 Å². The average molecular weight is 436 g/mol. The predicted molar refractivity (Wildman–Crippen MR) is 104 cm³/mol. The lowest BCUT2D eigenvalue weighted by Crippen LogP contribution is -2.39. The van der Waals surface area contributed by atoms with Gasteiger partial charge in [-0.2, -0.15) is 4.31 Å². The van der Waals surface area contributed by atoms with Crippen molar-refractivity contribution in [1.82, 2.24) is 18.9 Å². The zero-order valence-electron chi connectivity index (χ0n) is 15.6. The molecule has 0 radical (unpaired) electrons. The second-order valence-electron chi connectivity index (χ2n) is 7.27. The van der Waals surface area contributed by atoms with E-state index in [0.717, 1.165) is 37.6 Å². The van der Waals surface area contributed by atoms with Gasteiger partial charge in [0.25, 0.3) is 0 Å². The molecule has 3 heterocycles. The molecular formula is C17H24ClF2N5O2S. The van der Waals surface area contributed by atoms with Crippen molar-refractivity contribution in [2.45, 2.75) is 50.6 Å². The minimum atomic E-state index is -3.17. The van der Waals surface area contributed by atoms with Gasteiger partial charge in [-0.25, -0.2) is 26.7 Å². The number of halogens is 3. The number of nitrogens with two attached hydrogens (primary N) is 1. The minimum absolute atomic E-state index is 0.0405. The summed E-state index contributed by atoms with van der Waals surface area (Å²) < 4.78 is 51.1. The summed E-state index contributed by atoms with van der Waals surface area (Å²) in [5.41, 5.74) is 6.58. The fourth-order valence-electron chi connectivity index (χ4n) is 3.76. The van der Waals surface area contributed by atoms with Crippen molar-refractivity contribution in [2.75, 3.05) is 25.1 Å². The van der Waals surface area contributed by atoms with Crippen LogP contribution in [0.2, 0.25) is 5.02 Å². The van der Waals surface area contributed by atoms with Crippen molar-refractivity contribution in [3.8, 4) is 0 Å². The summed E-state index contributed by atoms with van der Waals surface area (Å²) in [4.78, 5) is 3.80. The Morgan fingerprint density at radius 3 is 2.50 bits per heavy atom. The zero-order valence-corrected chi connectivity index (χ0v) is 17.2. The predicted octanol–water partition coefficient (Wildman–Crippen LogP) is 3.14. The average Bonchev–Trinajstić information content (AvgIpc) is 3.22. The number of sulfonamides is 1. The Kier molecular flexibility index (Phi) is 6.41. The summed E-state index contributed by atoms with van der Waals surface area (Å²) in [6.45, 7) is 0.512. The number of fused-ring (bicyclic) bond motifs is 1. The summed E-state index contributed by atoms with van der Waals surface area (Å²) in [5.74, 6) is -0.0502. The van der Waals surface area contributed by atoms with Gasteiger partial charge in [-0.15, -0.1) is 5.10 Å². The highest BCUT2D eigenvalue weighted by Crippen LogP contribution is 2.40. The first-order chi connectivity index (χ1) is 13.2. The maximum Gasteiger partial charge on any atom is 0.238 e. The molecule has 0 spiro atoms. The molecule has 7 nitrogen and oxygen atoms in total. The normalized spacial score (nSPS) is 21.6. The molecule has 2 aliphatic rings. The molecule has 1 aliphatic carbocycles. The van der Waals surface area contributed by atoms with Crippen molar-refractivity contribution >= 4 is 33.1 Å². The van der Waals surface area contributed by atoms with Crippen LogP contribution < -0.4 is 5.73 Å². The maximum atomic E-state index is 13.9. The maximum absolute atomic E-state index is 13.9. The van der Waals surface area contributed by atoms with Gasteiger partial charge >= 0.3 is 0 Å². The van der Waals surface area contributed by atoms with Gasteiger partial charge in [0, 0.05) is 19.0 Å². The Morgan fingerprint density at radius 1 is 1.25 bits per heavy atom. The Bertz CT molecular complexity index is 947. The first-order valence-corrected chi connectivity index (χ1v) is 11.5. The molecule has 4 rings (SSSR count). The Hall–Kier alpha value is -1.52. The van der Waals surface area contributed by atoms with E-state index in [4.69, 9.17) is 17.3 Å². The van der Waals surface area contributed by atoms with Gasteiger partial charge in [-0.05, 0) is 25.7 Å². The summed E-state index contributed by atoms with van der Waals surface area (Å²) in [6.07, 6.45) is 6.99. The Labute approximate surface area is 167 Å². The third-order valence-electron chi connectivity index (χ3n) is 5.16. The van der Waals surface area contributed by atoms with Crippen molar-refractivity contribution in [3.05, 3.63) is 22.7 Å². The number of hydrogen-bond acceptors (Lipinski definition) is 5. The second-order valence-corrected chi connectivity index (χ2v) is 9.63. The van der Waals surface area contributed by atoms with Crippen LogP contribution in [0, 0.1) is 5.82 Å². The van der Waals surface area contributed by atoms with Crippen LogP contribution in [0.1, 0.15) is 50.1 Å². The largest absolute Gasteiger partial charge is 0.367 e. The third-order valence-corrected chi connectivity index (χ3v) is 6.79. The molecule has 2 aromatic heterocycles. The summed E-state index contributed by atoms with van der Waals surface area (Å²) >= 11 is 6.06. The van der Waals surface area contributed by atoms with Gasteiger partial charge in [0.15, 0.2) is 5.82 Å². The van der Waals surface area contributed by atoms with Crippen LogP contribution in [0.5, 0.6) is 0 Å². The van der Waals surface area contributed by atoms with Crippen LogP contribution in [-0.4, -0.2) is 52.8 Å². The number of nitrogens with zero attached hydrogens (tertiary/aromatic N) is 4. The molecule has 1 saturated heterocycles. The highest BCUT2D eigenvalue weighted by Gasteiger charge is 2.27. The number of hydrogen-bond donors (Lipinski definition) is 1. The van der Waals surface area contributed by atoms with Crippen molar-refractivity contribution in [1.29, 1.82) is 0 Å². The van der Waals surface area contributed by atoms with Gasteiger partial charge in [0.2, 0.25) is 16.0 Å². The molecule has 1 atom stereocenters. The molecule has 2 fully saturated rings. The standard InChI is InChI=1S/C11H12ClFN4.C6H12FNO2S/c12-8-9(13)7-5-15-11(14)16-17(7)10(8)6-3-1-2-4-6;1-11(9,10)8-4-2-3-6(7)5-8/h5-6H,1-4H2,(H2,14,16);6H,2-5H2,1H3. The van der Waals surface area contributed by atoms with E-state index in [2.05, 4.69) is 10.1 Å². The number of alkyl halides is 1. The van der Waals surface area contributed by atoms with Gasteiger partial charge in [-0.3, -0.25) is 0 Å². The van der Waals surface area contributed by atoms with Crippen molar-refractivity contribution < 1.29 is 17.2 Å². The molecule has 1 saturated carbocycles. The second kappa shape index (κ2) is 8.46. The van der Waals surface area contributed by atoms with E-state index in [-0.39, 0.29) is 23.4 Å². The Balaban J connectivity index is 0.000000178. The molecule has 0 bridgehead atoms. The van der Waals surface area contributed by atoms with Crippen LogP contribution >= 0.6 is 11.6 Å². The lowest BCUT2D eigenvalue weighted by Gasteiger charge is -2.26. The summed E-state index contributed by atoms with van der Waals surface area (Å²) in [5, 5.41) is 4.22. The first-order valence-electron chi connectivity index (χ1n) is 9.25. The molecular weight excluding hydrogens is 412 g/mol. The summed E-state index contributed by atoms with van der Waals surface area (Å²) in [7, 11) is -3.17. The fraction of sp³-hybridized carbons (Fsp3) is 0.647. The molecule has 1 unspecified atom stereocenters. The van der Waals surface area contributed by atoms with Crippen LogP contribution in [0.25, 0.3) is 5.52 Å². The molecule has 28 heavy (non-hydrogen) atoms. The number of nitrogen functional groups attached to an aromatic ring is 1. The Morgan fingerprint density at radius 2 is 1.93 bits per heavy atom. The fourth-order valence-corrected chi connectivity index (χ4v) is 4.98. The smallest absolute Gasteiger partial charge is 0.238 e.